The average molecular weight is 90.1 g/mol. The minimum atomic E-state index is -1.18. The quantitative estimate of drug-likeness (QED) is 0.474. The fourth-order valence-corrected chi connectivity index (χ4v) is 0.0481. The Morgan fingerprint density at radius 3 is 1.67 bits per heavy atom. The standard InChI is InChI=1S/C3H6O3/c4-1-3(6)2-5/h3,6H,1-2H2. The van der Waals surface area contributed by atoms with Crippen LogP contribution in [0, 0.1) is 0 Å². The van der Waals surface area contributed by atoms with Crippen LogP contribution in [0.4, 0.5) is 0 Å². The first-order valence-electron chi connectivity index (χ1n) is 1.65. The summed E-state index contributed by atoms with van der Waals surface area (Å²) >= 11 is 0. The molecule has 6 heavy (non-hydrogen) atoms. The van der Waals surface area contributed by atoms with Gasteiger partial charge in [0.15, 0.2) is 0 Å². The van der Waals surface area contributed by atoms with Gasteiger partial charge in [-0.15, -0.1) is 0 Å². The third-order valence-electron chi connectivity index (χ3n) is 0.385. The van der Waals surface area contributed by atoms with Gasteiger partial charge in [0.1, 0.15) is 19.3 Å². The summed E-state index contributed by atoms with van der Waals surface area (Å²) in [4.78, 5) is 0. The van der Waals surface area contributed by atoms with Crippen LogP contribution in [0.15, 0.2) is 0 Å². The van der Waals surface area contributed by atoms with Gasteiger partial charge >= 0.3 is 0 Å². The number of hydrogen-bond donors (Lipinski definition) is 1. The van der Waals surface area contributed by atoms with E-state index in [2.05, 4.69) is 0 Å². The molecule has 0 saturated heterocycles. The number of hydrogen-bond acceptors (Lipinski definition) is 1. The van der Waals surface area contributed by atoms with Crippen LogP contribution in [0.25, 0.3) is 0 Å². The van der Waals surface area contributed by atoms with Crippen LogP contribution in [0.3, 0.4) is 0 Å². The van der Waals surface area contributed by atoms with Gasteiger partial charge in [-0.1, -0.05) is 0 Å². The lowest BCUT2D eigenvalue weighted by Crippen LogP contribution is -2.14. The third-order valence-corrected chi connectivity index (χ3v) is 0.385. The predicted molar refractivity (Wildman–Crippen MR) is 17.1 cm³/mol. The molecule has 0 aliphatic heterocycles. The molecular weight excluding hydrogens is 84.0 g/mol. The minimum Gasteiger partial charge on any atom is -0.388 e. The normalized spacial score (nSPS) is 10.0. The largest absolute Gasteiger partial charge is 0.388 e. The SMILES string of the molecule is [O]CC(O)C[O]. The monoisotopic (exact) mass is 90.0 g/mol. The summed E-state index contributed by atoms with van der Waals surface area (Å²) in [6.45, 7) is -1.35. The fraction of sp³-hybridized carbons (Fsp3) is 1.00. The zero-order chi connectivity index (χ0) is 4.99. The molecule has 1 N–H and O–H groups in total. The first-order chi connectivity index (χ1) is 2.81. The van der Waals surface area contributed by atoms with E-state index in [-0.39, 0.29) is 0 Å². The summed E-state index contributed by atoms with van der Waals surface area (Å²) in [7, 11) is 0. The molecule has 0 unspecified atom stereocenters. The molecule has 0 aromatic heterocycles. The summed E-state index contributed by atoms with van der Waals surface area (Å²) in [5.74, 6) is 0. The Labute approximate surface area is 35.9 Å². The van der Waals surface area contributed by atoms with Gasteiger partial charge in [0.2, 0.25) is 0 Å². The smallest absolute Gasteiger partial charge is 0.110 e. The van der Waals surface area contributed by atoms with Gasteiger partial charge in [-0.3, -0.25) is 0 Å². The van der Waals surface area contributed by atoms with Crippen molar-refractivity contribution in [3.05, 3.63) is 0 Å². The molecule has 0 aliphatic carbocycles. The minimum absolute atomic E-state index is 0.677. The Morgan fingerprint density at radius 2 is 1.67 bits per heavy atom. The zero-order valence-corrected chi connectivity index (χ0v) is 3.26. The molecule has 2 radical (unpaired) electrons. The second-order valence-electron chi connectivity index (χ2n) is 0.987. The van der Waals surface area contributed by atoms with Crippen molar-refractivity contribution in [1.29, 1.82) is 0 Å². The highest BCUT2D eigenvalue weighted by molar-refractivity contribution is 4.43. The Balaban J connectivity index is 2.75. The van der Waals surface area contributed by atoms with Crippen molar-refractivity contribution < 1.29 is 15.3 Å². The lowest BCUT2D eigenvalue weighted by molar-refractivity contribution is -0.00370. The van der Waals surface area contributed by atoms with E-state index in [9.17, 15) is 10.2 Å². The maximum atomic E-state index is 9.41. The van der Waals surface area contributed by atoms with Crippen LogP contribution in [0.1, 0.15) is 0 Å². The second-order valence-corrected chi connectivity index (χ2v) is 0.987. The molecule has 3 heteroatoms. The van der Waals surface area contributed by atoms with Gasteiger partial charge in [0.25, 0.3) is 0 Å². The lowest BCUT2D eigenvalue weighted by atomic mass is 10.4. The topological polar surface area (TPSA) is 60.0 Å². The van der Waals surface area contributed by atoms with Crippen molar-refractivity contribution in [1.82, 2.24) is 0 Å². The first-order valence-corrected chi connectivity index (χ1v) is 1.65. The van der Waals surface area contributed by atoms with E-state index in [1.165, 1.54) is 0 Å². The molecule has 0 rings (SSSR count). The van der Waals surface area contributed by atoms with E-state index in [1.807, 2.05) is 0 Å². The van der Waals surface area contributed by atoms with Crippen LogP contribution in [0.5, 0.6) is 0 Å². The Morgan fingerprint density at radius 1 is 1.33 bits per heavy atom. The van der Waals surface area contributed by atoms with Crippen LogP contribution in [0.2, 0.25) is 0 Å². The van der Waals surface area contributed by atoms with Gasteiger partial charge in [-0.25, -0.2) is 10.2 Å². The Bertz CT molecular complexity index is 25.2. The Hall–Kier alpha value is -0.120. The molecule has 0 heterocycles. The molecule has 0 bridgehead atoms. The van der Waals surface area contributed by atoms with E-state index in [0.717, 1.165) is 0 Å². The van der Waals surface area contributed by atoms with Crippen molar-refractivity contribution in [2.24, 2.45) is 0 Å². The summed E-state index contributed by atoms with van der Waals surface area (Å²) in [5.41, 5.74) is 0. The van der Waals surface area contributed by atoms with E-state index in [4.69, 9.17) is 5.11 Å². The molecule has 36 valence electrons. The van der Waals surface area contributed by atoms with Gasteiger partial charge in [0, 0.05) is 0 Å². The molecule has 3 nitrogen and oxygen atoms in total. The van der Waals surface area contributed by atoms with E-state index < -0.39 is 19.3 Å². The molecule has 0 atom stereocenters. The number of aliphatic hydroxyl groups excluding tert-OH is 1. The third kappa shape index (κ3) is 2.14. The Kier molecular flexibility index (Phi) is 3.02. The number of rotatable bonds is 2. The van der Waals surface area contributed by atoms with Crippen molar-refractivity contribution in [2.75, 3.05) is 13.2 Å². The molecule has 0 fully saturated rings. The average Bonchev–Trinajstić information content (AvgIpc) is 1.65. The lowest BCUT2D eigenvalue weighted by Gasteiger charge is -1.93. The van der Waals surface area contributed by atoms with Gasteiger partial charge in [-0.2, -0.15) is 0 Å². The van der Waals surface area contributed by atoms with Crippen LogP contribution >= 0.6 is 0 Å². The fourth-order valence-electron chi connectivity index (χ4n) is 0.0481. The highest BCUT2D eigenvalue weighted by Crippen LogP contribution is 1.73. The molecule has 0 aliphatic rings. The van der Waals surface area contributed by atoms with Crippen molar-refractivity contribution >= 4 is 0 Å². The van der Waals surface area contributed by atoms with E-state index in [1.54, 1.807) is 0 Å². The molecule has 0 amide bonds. The summed E-state index contributed by atoms with van der Waals surface area (Å²) in [6.07, 6.45) is -1.18. The van der Waals surface area contributed by atoms with Crippen LogP contribution < -0.4 is 0 Å². The summed E-state index contributed by atoms with van der Waals surface area (Å²) in [5, 5.41) is 26.9. The maximum Gasteiger partial charge on any atom is 0.110 e. The molecule has 0 spiro atoms. The summed E-state index contributed by atoms with van der Waals surface area (Å²) < 4.78 is 0. The van der Waals surface area contributed by atoms with Gasteiger partial charge in [-0.05, 0) is 0 Å². The van der Waals surface area contributed by atoms with Crippen molar-refractivity contribution in [2.45, 2.75) is 6.10 Å². The molecule has 0 aromatic rings. The summed E-state index contributed by atoms with van der Waals surface area (Å²) in [6, 6.07) is 0. The highest BCUT2D eigenvalue weighted by atomic mass is 16.3. The molecule has 0 aromatic carbocycles. The second kappa shape index (κ2) is 3.08. The zero-order valence-electron chi connectivity index (χ0n) is 3.26. The van der Waals surface area contributed by atoms with Crippen molar-refractivity contribution in [3.8, 4) is 0 Å². The predicted octanol–water partition coefficient (Wildman–Crippen LogP) is -0.792. The first kappa shape index (κ1) is 5.88. The molecular formula is C3H6O3. The van der Waals surface area contributed by atoms with Crippen LogP contribution in [-0.2, 0) is 10.2 Å². The van der Waals surface area contributed by atoms with Crippen molar-refractivity contribution in [3.63, 3.8) is 0 Å². The van der Waals surface area contributed by atoms with E-state index in [0.29, 0.717) is 0 Å². The highest BCUT2D eigenvalue weighted by Gasteiger charge is 1.97. The maximum absolute atomic E-state index is 9.41. The van der Waals surface area contributed by atoms with Crippen LogP contribution in [-0.4, -0.2) is 24.4 Å². The number of aliphatic hydroxyl groups is 1. The van der Waals surface area contributed by atoms with E-state index >= 15 is 0 Å². The van der Waals surface area contributed by atoms with Gasteiger partial charge in [0.05, 0.1) is 0 Å². The molecule has 0 saturated carbocycles. The van der Waals surface area contributed by atoms with Gasteiger partial charge < -0.3 is 5.11 Å².